The summed E-state index contributed by atoms with van der Waals surface area (Å²) >= 11 is 1.22. The molecule has 0 spiro atoms. The van der Waals surface area contributed by atoms with Crippen LogP contribution in [0.5, 0.6) is 5.75 Å². The highest BCUT2D eigenvalue weighted by Gasteiger charge is 2.34. The summed E-state index contributed by atoms with van der Waals surface area (Å²) in [6.07, 6.45) is 0.0599. The quantitative estimate of drug-likeness (QED) is 0.737. The molecular weight excluding hydrogens is 406 g/mol. The van der Waals surface area contributed by atoms with Crippen LogP contribution >= 0.6 is 11.8 Å². The van der Waals surface area contributed by atoms with Crippen LogP contribution in [0.3, 0.4) is 0 Å². The Morgan fingerprint density at radius 2 is 1.90 bits per heavy atom. The van der Waals surface area contributed by atoms with E-state index in [1.165, 1.54) is 23.8 Å². The number of hydrogen-bond donors (Lipinski definition) is 1. The third kappa shape index (κ3) is 4.98. The van der Waals surface area contributed by atoms with Gasteiger partial charge in [-0.15, -0.1) is 0 Å². The van der Waals surface area contributed by atoms with Gasteiger partial charge in [-0.2, -0.15) is 0 Å². The van der Waals surface area contributed by atoms with Crippen molar-refractivity contribution in [2.75, 3.05) is 26.6 Å². The number of aliphatic imine (C=N–C) groups is 1. The molecule has 0 bridgehead atoms. The summed E-state index contributed by atoms with van der Waals surface area (Å²) in [6, 6.07) is 13.5. The van der Waals surface area contributed by atoms with Crippen molar-refractivity contribution in [3.63, 3.8) is 0 Å². The smallest absolute Gasteiger partial charge is 0.337 e. The summed E-state index contributed by atoms with van der Waals surface area (Å²) in [5.74, 6) is -0.318. The van der Waals surface area contributed by atoms with Gasteiger partial charge in [0.15, 0.2) is 5.17 Å². The predicted octanol–water partition coefficient (Wildman–Crippen LogP) is 3.07. The molecule has 1 unspecified atom stereocenters. The first kappa shape index (κ1) is 21.4. The topological polar surface area (TPSA) is 97.3 Å². The normalized spacial score (nSPS) is 17.6. The minimum absolute atomic E-state index is 0.0599. The molecule has 30 heavy (non-hydrogen) atoms. The number of rotatable bonds is 5. The van der Waals surface area contributed by atoms with Gasteiger partial charge in [-0.3, -0.25) is 14.5 Å². The van der Waals surface area contributed by atoms with Crippen molar-refractivity contribution in [2.24, 2.45) is 4.99 Å². The molecule has 0 radical (unpaired) electrons. The minimum atomic E-state index is -0.627. The van der Waals surface area contributed by atoms with Gasteiger partial charge in [-0.1, -0.05) is 17.8 Å². The van der Waals surface area contributed by atoms with E-state index in [9.17, 15) is 14.4 Å². The summed E-state index contributed by atoms with van der Waals surface area (Å²) in [5.41, 5.74) is 1.52. The Bertz CT molecular complexity index is 990. The zero-order chi connectivity index (χ0) is 21.7. The lowest BCUT2D eigenvalue weighted by molar-refractivity contribution is -0.128. The molecule has 0 saturated carbocycles. The highest BCUT2D eigenvalue weighted by Crippen LogP contribution is 2.30. The van der Waals surface area contributed by atoms with Crippen LogP contribution in [0.2, 0.25) is 0 Å². The third-order valence-electron chi connectivity index (χ3n) is 4.41. The zero-order valence-corrected chi connectivity index (χ0v) is 17.6. The van der Waals surface area contributed by atoms with E-state index in [2.05, 4.69) is 15.0 Å². The zero-order valence-electron chi connectivity index (χ0n) is 16.7. The predicted molar refractivity (Wildman–Crippen MR) is 115 cm³/mol. The number of benzene rings is 2. The molecule has 1 atom stereocenters. The van der Waals surface area contributed by atoms with E-state index in [-0.39, 0.29) is 18.2 Å². The van der Waals surface area contributed by atoms with Crippen molar-refractivity contribution in [3.8, 4) is 5.75 Å². The molecule has 3 rings (SSSR count). The van der Waals surface area contributed by atoms with Gasteiger partial charge in [0, 0.05) is 25.2 Å². The van der Waals surface area contributed by atoms with Crippen LogP contribution in [-0.4, -0.2) is 54.4 Å². The molecule has 1 fully saturated rings. The summed E-state index contributed by atoms with van der Waals surface area (Å²) in [5, 5.41) is 2.58. The first-order chi connectivity index (χ1) is 14.4. The Labute approximate surface area is 178 Å². The summed E-state index contributed by atoms with van der Waals surface area (Å²) < 4.78 is 9.85. The van der Waals surface area contributed by atoms with Crippen molar-refractivity contribution >= 4 is 46.1 Å². The molecule has 1 saturated heterocycles. The molecule has 1 aliphatic rings. The maximum atomic E-state index is 12.7. The summed E-state index contributed by atoms with van der Waals surface area (Å²) in [6.45, 7) is 0. The Kier molecular flexibility index (Phi) is 6.73. The first-order valence-corrected chi connectivity index (χ1v) is 9.94. The van der Waals surface area contributed by atoms with Crippen molar-refractivity contribution in [1.82, 2.24) is 4.90 Å². The molecule has 9 heteroatoms. The summed E-state index contributed by atoms with van der Waals surface area (Å²) in [4.78, 5) is 42.6. The van der Waals surface area contributed by atoms with Crippen molar-refractivity contribution in [2.45, 2.75) is 11.7 Å². The number of amides is 2. The largest absolute Gasteiger partial charge is 0.497 e. The van der Waals surface area contributed by atoms with E-state index in [0.717, 1.165) is 0 Å². The maximum Gasteiger partial charge on any atom is 0.337 e. The molecule has 1 aliphatic heterocycles. The van der Waals surface area contributed by atoms with Crippen LogP contribution in [0.1, 0.15) is 16.8 Å². The van der Waals surface area contributed by atoms with E-state index < -0.39 is 11.2 Å². The highest BCUT2D eigenvalue weighted by molar-refractivity contribution is 8.15. The number of anilines is 1. The molecule has 2 aromatic carbocycles. The number of methoxy groups -OCH3 is 2. The van der Waals surface area contributed by atoms with E-state index in [4.69, 9.17) is 4.74 Å². The molecule has 2 amide bonds. The molecule has 8 nitrogen and oxygen atoms in total. The molecular formula is C21H21N3O5S. The van der Waals surface area contributed by atoms with E-state index in [0.29, 0.717) is 27.9 Å². The van der Waals surface area contributed by atoms with Gasteiger partial charge in [0.05, 0.1) is 25.5 Å². The Balaban J connectivity index is 1.74. The van der Waals surface area contributed by atoms with Crippen LogP contribution < -0.4 is 10.1 Å². The van der Waals surface area contributed by atoms with Crippen LogP contribution in [0.25, 0.3) is 0 Å². The SMILES string of the molecule is COC(=O)c1ccc(NC(=O)C2CC(=O)N(C)C(=Nc3cccc(OC)c3)S2)cc1. The second-order valence-corrected chi connectivity index (χ2v) is 7.59. The second kappa shape index (κ2) is 9.45. The number of thioether (sulfide) groups is 1. The highest BCUT2D eigenvalue weighted by atomic mass is 32.2. The lowest BCUT2D eigenvalue weighted by Gasteiger charge is -2.28. The Morgan fingerprint density at radius 3 is 2.57 bits per heavy atom. The standard InChI is InChI=1S/C21H21N3O5S/c1-24-18(25)12-17(30-21(24)23-15-5-4-6-16(11-15)28-2)19(26)22-14-9-7-13(8-10-14)20(27)29-3/h4-11,17H,12H2,1-3H3,(H,22,26). The number of nitrogens with one attached hydrogen (secondary N) is 1. The fraction of sp³-hybridized carbons (Fsp3) is 0.238. The average Bonchev–Trinajstić information content (AvgIpc) is 2.76. The van der Waals surface area contributed by atoms with Gasteiger partial charge in [-0.25, -0.2) is 9.79 Å². The maximum absolute atomic E-state index is 12.7. The molecule has 2 aromatic rings. The fourth-order valence-electron chi connectivity index (χ4n) is 2.72. The van der Waals surface area contributed by atoms with Crippen molar-refractivity contribution in [3.05, 3.63) is 54.1 Å². The van der Waals surface area contributed by atoms with Crippen LogP contribution in [0, 0.1) is 0 Å². The van der Waals surface area contributed by atoms with E-state index in [1.54, 1.807) is 62.7 Å². The Morgan fingerprint density at radius 1 is 1.17 bits per heavy atom. The number of ether oxygens (including phenoxy) is 2. The van der Waals surface area contributed by atoms with Gasteiger partial charge in [0.25, 0.3) is 0 Å². The van der Waals surface area contributed by atoms with Crippen LogP contribution in [0.15, 0.2) is 53.5 Å². The molecule has 156 valence electrons. The van der Waals surface area contributed by atoms with Crippen LogP contribution in [0.4, 0.5) is 11.4 Å². The van der Waals surface area contributed by atoms with Gasteiger partial charge < -0.3 is 14.8 Å². The monoisotopic (exact) mass is 427 g/mol. The lowest BCUT2D eigenvalue weighted by Crippen LogP contribution is -2.43. The molecule has 1 heterocycles. The number of carbonyl (C=O) groups excluding carboxylic acids is 3. The lowest BCUT2D eigenvalue weighted by atomic mass is 10.2. The van der Waals surface area contributed by atoms with E-state index >= 15 is 0 Å². The average molecular weight is 427 g/mol. The number of esters is 1. The van der Waals surface area contributed by atoms with Gasteiger partial charge in [0.2, 0.25) is 11.8 Å². The molecule has 0 aromatic heterocycles. The number of carbonyl (C=O) groups is 3. The first-order valence-electron chi connectivity index (χ1n) is 9.06. The molecule has 0 aliphatic carbocycles. The van der Waals surface area contributed by atoms with Crippen LogP contribution in [-0.2, 0) is 14.3 Å². The van der Waals surface area contributed by atoms with Gasteiger partial charge in [0.1, 0.15) is 11.0 Å². The van der Waals surface area contributed by atoms with Gasteiger partial charge >= 0.3 is 5.97 Å². The Hall–Kier alpha value is -3.33. The fourth-order valence-corrected chi connectivity index (χ4v) is 3.78. The second-order valence-electron chi connectivity index (χ2n) is 6.42. The van der Waals surface area contributed by atoms with Gasteiger partial charge in [-0.05, 0) is 36.4 Å². The van der Waals surface area contributed by atoms with Crippen molar-refractivity contribution < 1.29 is 23.9 Å². The molecule has 1 N–H and O–H groups in total. The van der Waals surface area contributed by atoms with E-state index in [1.807, 2.05) is 0 Å². The third-order valence-corrected chi connectivity index (χ3v) is 5.65. The van der Waals surface area contributed by atoms with Crippen molar-refractivity contribution in [1.29, 1.82) is 0 Å². The minimum Gasteiger partial charge on any atom is -0.497 e. The summed E-state index contributed by atoms with van der Waals surface area (Å²) in [7, 11) is 4.50. The number of hydrogen-bond acceptors (Lipinski definition) is 7. The number of nitrogens with zero attached hydrogens (tertiary/aromatic N) is 2. The number of amidine groups is 1.